The van der Waals surface area contributed by atoms with Gasteiger partial charge in [0.25, 0.3) is 5.91 Å². The highest BCUT2D eigenvalue weighted by Crippen LogP contribution is 2.29. The third kappa shape index (κ3) is 6.09. The van der Waals surface area contributed by atoms with Gasteiger partial charge in [-0.3, -0.25) is 4.79 Å². The van der Waals surface area contributed by atoms with Crippen LogP contribution in [0.15, 0.2) is 75.1 Å². The van der Waals surface area contributed by atoms with Crippen molar-refractivity contribution in [1.82, 2.24) is 9.03 Å². The topological polar surface area (TPSA) is 135 Å². The number of carbonyl (C=O) groups is 1. The highest BCUT2D eigenvalue weighted by Gasteiger charge is 2.23. The van der Waals surface area contributed by atoms with Gasteiger partial charge in [-0.25, -0.2) is 21.6 Å². The van der Waals surface area contributed by atoms with Crippen molar-refractivity contribution in [2.24, 2.45) is 0 Å². The van der Waals surface area contributed by atoms with Crippen LogP contribution in [-0.2, 0) is 26.6 Å². The van der Waals surface area contributed by atoms with Crippen LogP contribution < -0.4 is 14.8 Å². The van der Waals surface area contributed by atoms with E-state index in [4.69, 9.17) is 9.15 Å². The number of furan rings is 1. The van der Waals surface area contributed by atoms with Gasteiger partial charge >= 0.3 is 0 Å². The normalized spacial score (nSPS) is 12.0. The molecule has 1 amide bonds. The van der Waals surface area contributed by atoms with E-state index in [9.17, 15) is 21.6 Å². The Kier molecular flexibility index (Phi) is 8.33. The molecule has 2 N–H and O–H groups in total. The molecule has 0 aliphatic heterocycles. The summed E-state index contributed by atoms with van der Waals surface area (Å²) in [5, 5.41) is 2.64. The molecule has 1 heterocycles. The van der Waals surface area contributed by atoms with Crippen LogP contribution in [0.3, 0.4) is 0 Å². The fraction of sp³-hybridized carbons (Fsp3) is 0.261. The summed E-state index contributed by atoms with van der Waals surface area (Å²) in [6.07, 6.45) is 1.45. The van der Waals surface area contributed by atoms with Gasteiger partial charge in [-0.15, -0.1) is 0 Å². The van der Waals surface area contributed by atoms with Gasteiger partial charge < -0.3 is 14.5 Å². The summed E-state index contributed by atoms with van der Waals surface area (Å²) >= 11 is 0. The van der Waals surface area contributed by atoms with Gasteiger partial charge in [0, 0.05) is 18.7 Å². The number of nitrogens with one attached hydrogen (secondary N) is 2. The van der Waals surface area contributed by atoms with Crippen molar-refractivity contribution in [1.29, 1.82) is 0 Å². The minimum absolute atomic E-state index is 0.00982. The summed E-state index contributed by atoms with van der Waals surface area (Å²) in [5.41, 5.74) is 0.344. The average molecular weight is 522 g/mol. The molecular weight excluding hydrogens is 494 g/mol. The first-order valence-electron chi connectivity index (χ1n) is 10.7. The molecule has 188 valence electrons. The van der Waals surface area contributed by atoms with Crippen LogP contribution in [0.1, 0.15) is 30.0 Å². The number of hydrogen-bond donors (Lipinski definition) is 2. The molecule has 3 rings (SSSR count). The molecule has 10 nitrogen and oxygen atoms in total. The Labute approximate surface area is 205 Å². The van der Waals surface area contributed by atoms with Crippen LogP contribution >= 0.6 is 0 Å². The number of sulfonamides is 2. The van der Waals surface area contributed by atoms with Gasteiger partial charge in [-0.2, -0.15) is 4.31 Å². The molecule has 0 saturated heterocycles. The Hall–Kier alpha value is -3.19. The van der Waals surface area contributed by atoms with E-state index in [1.165, 1.54) is 60.1 Å². The van der Waals surface area contributed by atoms with Crippen molar-refractivity contribution >= 4 is 31.6 Å². The van der Waals surface area contributed by atoms with Crippen LogP contribution in [-0.4, -0.2) is 47.2 Å². The minimum atomic E-state index is -3.82. The Morgan fingerprint density at radius 3 is 2.20 bits per heavy atom. The maximum absolute atomic E-state index is 12.9. The van der Waals surface area contributed by atoms with Crippen LogP contribution in [0.5, 0.6) is 5.75 Å². The first-order chi connectivity index (χ1) is 16.6. The molecule has 0 atom stereocenters. The van der Waals surface area contributed by atoms with Gasteiger partial charge in [0.05, 0.1) is 35.4 Å². The SMILES string of the molecule is CCN(CC)S(=O)(=O)c1ccc(OC)c(NC(=O)c2ccc(S(=O)(=O)NCc3ccco3)cc2)c1. The summed E-state index contributed by atoms with van der Waals surface area (Å²) < 4.78 is 64.8. The number of ether oxygens (including phenoxy) is 1. The first kappa shape index (κ1) is 26.4. The predicted molar refractivity (Wildman–Crippen MR) is 130 cm³/mol. The third-order valence-corrected chi connectivity index (χ3v) is 8.67. The van der Waals surface area contributed by atoms with E-state index >= 15 is 0 Å². The van der Waals surface area contributed by atoms with Crippen LogP contribution in [0.25, 0.3) is 0 Å². The van der Waals surface area contributed by atoms with Crippen molar-refractivity contribution in [3.8, 4) is 5.75 Å². The van der Waals surface area contributed by atoms with E-state index in [1.54, 1.807) is 26.0 Å². The molecule has 0 radical (unpaired) electrons. The van der Waals surface area contributed by atoms with Crippen molar-refractivity contribution in [2.75, 3.05) is 25.5 Å². The number of methoxy groups -OCH3 is 1. The average Bonchev–Trinajstić information content (AvgIpc) is 3.37. The zero-order valence-electron chi connectivity index (χ0n) is 19.5. The van der Waals surface area contributed by atoms with E-state index in [0.717, 1.165) is 0 Å². The summed E-state index contributed by atoms with van der Waals surface area (Å²) in [4.78, 5) is 12.8. The molecule has 0 saturated carbocycles. The lowest BCUT2D eigenvalue weighted by atomic mass is 10.2. The zero-order chi connectivity index (χ0) is 25.6. The predicted octanol–water partition coefficient (Wildman–Crippen LogP) is 3.05. The number of benzene rings is 2. The minimum Gasteiger partial charge on any atom is -0.495 e. The molecule has 2 aromatic carbocycles. The second-order valence-corrected chi connectivity index (χ2v) is 11.0. The molecule has 0 spiro atoms. The molecule has 12 heteroatoms. The highest BCUT2D eigenvalue weighted by molar-refractivity contribution is 7.89. The summed E-state index contributed by atoms with van der Waals surface area (Å²) in [5.74, 6) is 0.176. The van der Waals surface area contributed by atoms with Crippen molar-refractivity contribution in [3.63, 3.8) is 0 Å². The fourth-order valence-corrected chi connectivity index (χ4v) is 5.78. The van der Waals surface area contributed by atoms with Gasteiger partial charge in [0.1, 0.15) is 11.5 Å². The smallest absolute Gasteiger partial charge is 0.255 e. The molecule has 35 heavy (non-hydrogen) atoms. The molecule has 0 aliphatic carbocycles. The summed E-state index contributed by atoms with van der Waals surface area (Å²) in [7, 11) is -6.16. The molecule has 0 fully saturated rings. The van der Waals surface area contributed by atoms with E-state index in [0.29, 0.717) is 18.8 Å². The van der Waals surface area contributed by atoms with Gasteiger partial charge in [-0.1, -0.05) is 13.8 Å². The number of amides is 1. The molecule has 0 unspecified atom stereocenters. The number of carbonyl (C=O) groups excluding carboxylic acids is 1. The third-order valence-electron chi connectivity index (χ3n) is 5.21. The second-order valence-electron chi connectivity index (χ2n) is 7.33. The number of hydrogen-bond acceptors (Lipinski definition) is 7. The standard InChI is InChI=1S/C23H27N3O7S2/c1-4-26(5-2)35(30,31)20-12-13-22(32-3)21(15-20)25-23(27)17-8-10-19(11-9-17)34(28,29)24-16-18-7-6-14-33-18/h6-15,24H,4-5,16H2,1-3H3,(H,25,27). The van der Waals surface area contributed by atoms with Crippen LogP contribution in [0.2, 0.25) is 0 Å². The fourth-order valence-electron chi connectivity index (χ4n) is 3.30. The van der Waals surface area contributed by atoms with Crippen LogP contribution in [0, 0.1) is 0 Å². The molecule has 0 bridgehead atoms. The zero-order valence-corrected chi connectivity index (χ0v) is 21.1. The van der Waals surface area contributed by atoms with E-state index in [1.807, 2.05) is 0 Å². The monoisotopic (exact) mass is 521 g/mol. The van der Waals surface area contributed by atoms with Gasteiger partial charge in [0.2, 0.25) is 20.0 Å². The lowest BCUT2D eigenvalue weighted by Gasteiger charge is -2.19. The Bertz CT molecular complexity index is 1360. The number of rotatable bonds is 11. The maximum atomic E-state index is 12.9. The molecule has 0 aliphatic rings. The van der Waals surface area contributed by atoms with Gasteiger partial charge in [-0.05, 0) is 54.6 Å². The van der Waals surface area contributed by atoms with E-state index in [2.05, 4.69) is 10.0 Å². The lowest BCUT2D eigenvalue weighted by Crippen LogP contribution is -2.30. The van der Waals surface area contributed by atoms with Crippen molar-refractivity contribution in [2.45, 2.75) is 30.2 Å². The van der Waals surface area contributed by atoms with Crippen molar-refractivity contribution < 1.29 is 30.8 Å². The molecular formula is C23H27N3O7S2. The van der Waals surface area contributed by atoms with Gasteiger partial charge in [0.15, 0.2) is 0 Å². The first-order valence-corrected chi connectivity index (χ1v) is 13.7. The lowest BCUT2D eigenvalue weighted by molar-refractivity contribution is 0.102. The second kappa shape index (κ2) is 11.0. The van der Waals surface area contributed by atoms with E-state index in [-0.39, 0.29) is 33.3 Å². The van der Waals surface area contributed by atoms with Crippen LogP contribution in [0.4, 0.5) is 5.69 Å². The quantitative estimate of drug-likeness (QED) is 0.396. The Morgan fingerprint density at radius 2 is 1.63 bits per heavy atom. The number of anilines is 1. The largest absolute Gasteiger partial charge is 0.495 e. The van der Waals surface area contributed by atoms with E-state index < -0.39 is 26.0 Å². The van der Waals surface area contributed by atoms with Crippen molar-refractivity contribution in [3.05, 3.63) is 72.2 Å². The number of nitrogens with zero attached hydrogens (tertiary/aromatic N) is 1. The summed E-state index contributed by atoms with van der Waals surface area (Å²) in [6, 6.07) is 12.8. The Morgan fingerprint density at radius 1 is 0.971 bits per heavy atom. The highest BCUT2D eigenvalue weighted by atomic mass is 32.2. The Balaban J connectivity index is 1.79. The molecule has 3 aromatic rings. The molecule has 1 aromatic heterocycles. The maximum Gasteiger partial charge on any atom is 0.255 e. The summed E-state index contributed by atoms with van der Waals surface area (Å²) in [6.45, 7) is 4.08.